The van der Waals surface area contributed by atoms with Gasteiger partial charge in [0, 0.05) is 36.0 Å². The molecule has 0 bridgehead atoms. The highest BCUT2D eigenvalue weighted by atomic mass is 35.5. The van der Waals surface area contributed by atoms with Gasteiger partial charge >= 0.3 is 0 Å². The lowest BCUT2D eigenvalue weighted by atomic mass is 9.79. The van der Waals surface area contributed by atoms with Crippen molar-refractivity contribution in [1.29, 1.82) is 5.26 Å². The second-order valence-electron chi connectivity index (χ2n) is 5.57. The van der Waals surface area contributed by atoms with E-state index in [1.165, 1.54) is 12.1 Å². The maximum absolute atomic E-state index is 12.4. The molecule has 2 aliphatic rings. The molecule has 2 aliphatic heterocycles. The summed E-state index contributed by atoms with van der Waals surface area (Å²) in [4.78, 5) is 22.9. The highest BCUT2D eigenvalue weighted by molar-refractivity contribution is 6.32. The van der Waals surface area contributed by atoms with Crippen molar-refractivity contribution >= 4 is 23.2 Å². The van der Waals surface area contributed by atoms with Crippen LogP contribution in [-0.4, -0.2) is 17.4 Å². The lowest BCUT2D eigenvalue weighted by Gasteiger charge is -2.32. The number of dihydropyridines is 1. The number of hydrogen-bond donors (Lipinski definition) is 2. The van der Waals surface area contributed by atoms with E-state index in [2.05, 4.69) is 16.7 Å². The Balaban J connectivity index is 2.21. The molecule has 122 valence electrons. The van der Waals surface area contributed by atoms with Gasteiger partial charge < -0.3 is 10.6 Å². The summed E-state index contributed by atoms with van der Waals surface area (Å²) < 4.78 is 0. The van der Waals surface area contributed by atoms with Crippen LogP contribution >= 0.6 is 11.6 Å². The fourth-order valence-corrected chi connectivity index (χ4v) is 3.28. The van der Waals surface area contributed by atoms with Gasteiger partial charge in [0.15, 0.2) is 0 Å². The number of nitriles is 1. The normalized spacial score (nSPS) is 20.0. The molecule has 2 heterocycles. The zero-order valence-electron chi connectivity index (χ0n) is 12.7. The van der Waals surface area contributed by atoms with Crippen LogP contribution in [-0.2, 0) is 4.79 Å². The maximum atomic E-state index is 12.4. The maximum Gasteiger partial charge on any atom is 0.288 e. The van der Waals surface area contributed by atoms with Crippen LogP contribution in [0.25, 0.3) is 0 Å². The summed E-state index contributed by atoms with van der Waals surface area (Å²) >= 11 is 5.87. The van der Waals surface area contributed by atoms with Crippen molar-refractivity contribution in [2.45, 2.75) is 19.3 Å². The first-order valence-electron chi connectivity index (χ1n) is 7.27. The van der Waals surface area contributed by atoms with Crippen molar-refractivity contribution in [2.75, 3.05) is 6.54 Å². The van der Waals surface area contributed by atoms with Crippen molar-refractivity contribution in [3.05, 3.63) is 61.4 Å². The van der Waals surface area contributed by atoms with Gasteiger partial charge in [0.05, 0.1) is 22.5 Å². The van der Waals surface area contributed by atoms with Crippen LogP contribution < -0.4 is 10.6 Å². The Morgan fingerprint density at radius 1 is 1.46 bits per heavy atom. The second kappa shape index (κ2) is 5.98. The van der Waals surface area contributed by atoms with E-state index in [4.69, 9.17) is 11.6 Å². The predicted molar refractivity (Wildman–Crippen MR) is 86.9 cm³/mol. The number of hydrogen-bond acceptors (Lipinski definition) is 5. The largest absolute Gasteiger partial charge is 0.361 e. The molecule has 0 aromatic heterocycles. The van der Waals surface area contributed by atoms with Crippen LogP contribution in [0, 0.1) is 21.4 Å². The van der Waals surface area contributed by atoms with Crippen molar-refractivity contribution in [1.82, 2.24) is 10.6 Å². The van der Waals surface area contributed by atoms with E-state index in [1.54, 1.807) is 13.0 Å². The van der Waals surface area contributed by atoms with E-state index in [0.717, 1.165) is 5.70 Å². The minimum Gasteiger partial charge on any atom is -0.361 e. The Labute approximate surface area is 142 Å². The summed E-state index contributed by atoms with van der Waals surface area (Å²) in [6.07, 6.45) is 0.614. The number of benzene rings is 1. The summed E-state index contributed by atoms with van der Waals surface area (Å²) in [5.74, 6) is -0.922. The topological polar surface area (TPSA) is 108 Å². The quantitative estimate of drug-likeness (QED) is 0.633. The second-order valence-corrected chi connectivity index (χ2v) is 5.98. The minimum absolute atomic E-state index is 0.0131. The Hall–Kier alpha value is -2.85. The van der Waals surface area contributed by atoms with Gasteiger partial charge in [-0.05, 0) is 18.6 Å². The van der Waals surface area contributed by atoms with E-state index in [-0.39, 0.29) is 16.6 Å². The molecule has 1 aromatic carbocycles. The molecule has 1 unspecified atom stereocenters. The molecule has 0 spiro atoms. The van der Waals surface area contributed by atoms with E-state index >= 15 is 0 Å². The van der Waals surface area contributed by atoms with Crippen molar-refractivity contribution in [3.63, 3.8) is 0 Å². The summed E-state index contributed by atoms with van der Waals surface area (Å²) in [5.41, 5.74) is 2.43. The smallest absolute Gasteiger partial charge is 0.288 e. The molecule has 0 radical (unpaired) electrons. The Morgan fingerprint density at radius 2 is 2.21 bits per heavy atom. The molecule has 7 nitrogen and oxygen atoms in total. The molecule has 2 N–H and O–H groups in total. The molecular formula is C16H13ClN4O3. The molecule has 1 aromatic rings. The third-order valence-corrected chi connectivity index (χ3v) is 4.49. The monoisotopic (exact) mass is 344 g/mol. The van der Waals surface area contributed by atoms with Gasteiger partial charge in [-0.2, -0.15) is 5.26 Å². The molecule has 8 heteroatoms. The zero-order chi connectivity index (χ0) is 17.4. The number of nitro groups is 1. The Bertz CT molecular complexity index is 867. The highest BCUT2D eigenvalue weighted by Gasteiger charge is 2.36. The molecule has 0 aliphatic carbocycles. The number of allylic oxidation sites excluding steroid dienone is 2. The number of nitro benzene ring substituents is 1. The first kappa shape index (κ1) is 16.0. The van der Waals surface area contributed by atoms with Crippen LogP contribution in [0.2, 0.25) is 5.02 Å². The van der Waals surface area contributed by atoms with Crippen molar-refractivity contribution in [2.24, 2.45) is 0 Å². The van der Waals surface area contributed by atoms with Crippen molar-refractivity contribution < 1.29 is 9.72 Å². The first-order chi connectivity index (χ1) is 11.4. The number of rotatable bonds is 2. The van der Waals surface area contributed by atoms with Gasteiger partial charge in [-0.15, -0.1) is 0 Å². The average Bonchev–Trinajstić information content (AvgIpc) is 2.54. The van der Waals surface area contributed by atoms with Crippen LogP contribution in [0.15, 0.2) is 40.7 Å². The van der Waals surface area contributed by atoms with E-state index < -0.39 is 10.8 Å². The number of carbonyl (C=O) groups excluding carboxylic acids is 1. The van der Waals surface area contributed by atoms with E-state index in [9.17, 15) is 20.2 Å². The zero-order valence-corrected chi connectivity index (χ0v) is 13.5. The van der Waals surface area contributed by atoms with Gasteiger partial charge in [-0.3, -0.25) is 14.9 Å². The highest BCUT2D eigenvalue weighted by Crippen LogP contribution is 2.41. The molecule has 24 heavy (non-hydrogen) atoms. The minimum atomic E-state index is -0.650. The third kappa shape index (κ3) is 2.51. The van der Waals surface area contributed by atoms with Gasteiger partial charge in [0.2, 0.25) is 5.91 Å². The standard InChI is InChI=1S/C16H13ClN4O3/c1-8-10(7-18)14(15-12(20-8)4-5-19-16(15)22)9-2-3-11(17)13(6-9)21(23)24/h2-3,6,14,20H,4-5H2,1H3,(H,19,22). The molecule has 0 saturated carbocycles. The number of nitrogens with one attached hydrogen (secondary N) is 2. The molecule has 1 atom stereocenters. The number of amides is 1. The Kier molecular flexibility index (Phi) is 3.99. The fourth-order valence-electron chi connectivity index (χ4n) is 3.09. The van der Waals surface area contributed by atoms with Gasteiger partial charge in [-0.25, -0.2) is 0 Å². The molecule has 3 rings (SSSR count). The lowest BCUT2D eigenvalue weighted by Crippen LogP contribution is -2.40. The predicted octanol–water partition coefficient (Wildman–Crippen LogP) is 2.51. The van der Waals surface area contributed by atoms with Gasteiger partial charge in [0.1, 0.15) is 5.02 Å². The van der Waals surface area contributed by atoms with Gasteiger partial charge in [-0.1, -0.05) is 17.7 Å². The third-order valence-electron chi connectivity index (χ3n) is 4.17. The van der Waals surface area contributed by atoms with Gasteiger partial charge in [0.25, 0.3) is 5.69 Å². The van der Waals surface area contributed by atoms with E-state index in [1.807, 2.05) is 0 Å². The number of halogens is 1. The molecular weight excluding hydrogens is 332 g/mol. The summed E-state index contributed by atoms with van der Waals surface area (Å²) in [6, 6.07) is 6.48. The van der Waals surface area contributed by atoms with Crippen LogP contribution in [0.1, 0.15) is 24.8 Å². The number of carbonyl (C=O) groups is 1. The summed E-state index contributed by atoms with van der Waals surface area (Å²) in [5, 5.41) is 26.6. The Morgan fingerprint density at radius 3 is 2.88 bits per heavy atom. The molecule has 0 saturated heterocycles. The SMILES string of the molecule is CC1=C(C#N)C(c2ccc(Cl)c([N+](=O)[O-])c2)C2=C(CCNC2=O)N1. The van der Waals surface area contributed by atoms with Crippen LogP contribution in [0.4, 0.5) is 5.69 Å². The summed E-state index contributed by atoms with van der Waals surface area (Å²) in [6.45, 7) is 2.26. The number of nitrogens with zero attached hydrogens (tertiary/aromatic N) is 2. The van der Waals surface area contributed by atoms with Crippen LogP contribution in [0.3, 0.4) is 0 Å². The molecule has 1 amide bonds. The fraction of sp³-hybridized carbons (Fsp3) is 0.250. The molecule has 0 fully saturated rings. The first-order valence-corrected chi connectivity index (χ1v) is 7.64. The summed E-state index contributed by atoms with van der Waals surface area (Å²) in [7, 11) is 0. The average molecular weight is 345 g/mol. The lowest BCUT2D eigenvalue weighted by molar-refractivity contribution is -0.384. The van der Waals surface area contributed by atoms with Crippen molar-refractivity contribution in [3.8, 4) is 6.07 Å². The van der Waals surface area contributed by atoms with Crippen LogP contribution in [0.5, 0.6) is 0 Å². The van der Waals surface area contributed by atoms with E-state index in [0.29, 0.717) is 35.4 Å².